The highest BCUT2D eigenvalue weighted by Crippen LogP contribution is 2.74. The summed E-state index contributed by atoms with van der Waals surface area (Å²) in [6, 6.07) is 2.63. The standard InChI is InChI=1S/C36H48N4O3/c1-31(2)25-9-12-35(6)26(34(25,5)11-10-27(31)42)17-24(41)29-28-23(18-37)33(4,15-13-32(28,3)14-16-36(29,35)7)30(43)38-19-22-20-39-40(8)21-22/h10-11,17,20-21,23,25,28-29H,9,12-16,19H2,1-8H3,(H,38,43). The largest absolute Gasteiger partial charge is 0.351 e. The molecule has 3 fully saturated rings. The van der Waals surface area contributed by atoms with Crippen molar-refractivity contribution in [1.29, 1.82) is 5.26 Å². The molecule has 43 heavy (non-hydrogen) atoms. The van der Waals surface area contributed by atoms with Gasteiger partial charge < -0.3 is 5.32 Å². The van der Waals surface area contributed by atoms with Gasteiger partial charge in [0.1, 0.15) is 0 Å². The number of hydrogen-bond donors (Lipinski definition) is 1. The minimum absolute atomic E-state index is 0.108. The van der Waals surface area contributed by atoms with Gasteiger partial charge in [-0.1, -0.05) is 53.2 Å². The number of nitriles is 1. The van der Waals surface area contributed by atoms with Crippen molar-refractivity contribution in [2.24, 2.45) is 63.2 Å². The molecule has 1 amide bonds. The van der Waals surface area contributed by atoms with Crippen molar-refractivity contribution in [2.75, 3.05) is 0 Å². The van der Waals surface area contributed by atoms with Crippen LogP contribution in [0.15, 0.2) is 36.2 Å². The van der Waals surface area contributed by atoms with Crippen molar-refractivity contribution in [3.05, 3.63) is 41.8 Å². The summed E-state index contributed by atoms with van der Waals surface area (Å²) in [7, 11) is 1.85. The van der Waals surface area contributed by atoms with E-state index in [2.05, 4.69) is 64.1 Å². The van der Waals surface area contributed by atoms with E-state index in [1.807, 2.05) is 26.2 Å². The fraction of sp³-hybridized carbons (Fsp3) is 0.694. The average Bonchev–Trinajstić information content (AvgIpc) is 3.37. The van der Waals surface area contributed by atoms with Gasteiger partial charge in [-0.2, -0.15) is 10.4 Å². The van der Waals surface area contributed by atoms with Crippen LogP contribution in [0.5, 0.6) is 0 Å². The Hall–Kier alpha value is -3.01. The second kappa shape index (κ2) is 9.25. The molecule has 0 aromatic carbocycles. The Kier molecular flexibility index (Phi) is 6.46. The summed E-state index contributed by atoms with van der Waals surface area (Å²) in [5.74, 6) is -0.841. The minimum atomic E-state index is -0.898. The summed E-state index contributed by atoms with van der Waals surface area (Å²) >= 11 is 0. The molecule has 6 rings (SSSR count). The lowest BCUT2D eigenvalue weighted by atomic mass is 9.33. The number of fused-ring (bicyclic) bond motifs is 7. The van der Waals surface area contributed by atoms with Gasteiger partial charge in [-0.15, -0.1) is 0 Å². The summed E-state index contributed by atoms with van der Waals surface area (Å²) < 4.78 is 1.71. The van der Waals surface area contributed by atoms with E-state index in [9.17, 15) is 19.6 Å². The van der Waals surface area contributed by atoms with Crippen LogP contribution in [0.3, 0.4) is 0 Å². The van der Waals surface area contributed by atoms with Gasteiger partial charge in [0.15, 0.2) is 11.6 Å². The zero-order valence-corrected chi connectivity index (χ0v) is 27.2. The van der Waals surface area contributed by atoms with Crippen molar-refractivity contribution in [1.82, 2.24) is 15.1 Å². The molecule has 1 aromatic rings. The molecule has 3 saturated carbocycles. The third-order valence-electron chi connectivity index (χ3n) is 14.0. The number of aromatic nitrogens is 2. The van der Waals surface area contributed by atoms with E-state index in [0.717, 1.165) is 37.7 Å². The Labute approximate surface area is 256 Å². The van der Waals surface area contributed by atoms with Gasteiger partial charge >= 0.3 is 0 Å². The third-order valence-corrected chi connectivity index (χ3v) is 14.0. The van der Waals surface area contributed by atoms with Crippen LogP contribution in [-0.4, -0.2) is 27.3 Å². The number of rotatable bonds is 3. The van der Waals surface area contributed by atoms with E-state index in [1.165, 1.54) is 5.57 Å². The highest BCUT2D eigenvalue weighted by molar-refractivity contribution is 5.98. The molecule has 9 atom stereocenters. The second-order valence-electron chi connectivity index (χ2n) is 16.4. The maximum Gasteiger partial charge on any atom is 0.227 e. The van der Waals surface area contributed by atoms with Crippen molar-refractivity contribution >= 4 is 17.5 Å². The van der Waals surface area contributed by atoms with Gasteiger partial charge in [0.05, 0.1) is 23.6 Å². The number of aryl methyl sites for hydroxylation is 1. The predicted octanol–water partition coefficient (Wildman–Crippen LogP) is 6.11. The van der Waals surface area contributed by atoms with Crippen molar-refractivity contribution in [2.45, 2.75) is 93.5 Å². The number of ketones is 2. The van der Waals surface area contributed by atoms with E-state index in [0.29, 0.717) is 13.0 Å². The first-order valence-corrected chi connectivity index (χ1v) is 16.1. The lowest BCUT2D eigenvalue weighted by Gasteiger charge is -2.69. The van der Waals surface area contributed by atoms with Crippen LogP contribution < -0.4 is 5.32 Å². The first-order chi connectivity index (χ1) is 20.0. The first-order valence-electron chi connectivity index (χ1n) is 16.1. The summed E-state index contributed by atoms with van der Waals surface area (Å²) in [6.45, 7) is 15.6. The monoisotopic (exact) mass is 584 g/mol. The third kappa shape index (κ3) is 3.83. The maximum absolute atomic E-state index is 14.6. The summed E-state index contributed by atoms with van der Waals surface area (Å²) in [5, 5.41) is 18.2. The Morgan fingerprint density at radius 3 is 2.42 bits per heavy atom. The highest BCUT2D eigenvalue weighted by atomic mass is 16.2. The molecule has 7 nitrogen and oxygen atoms in total. The molecule has 1 heterocycles. The van der Waals surface area contributed by atoms with Crippen LogP contribution in [-0.2, 0) is 28.0 Å². The van der Waals surface area contributed by atoms with Gasteiger partial charge in [-0.25, -0.2) is 0 Å². The topological polar surface area (TPSA) is 105 Å². The molecule has 0 aliphatic heterocycles. The molecule has 5 aliphatic carbocycles. The smallest absolute Gasteiger partial charge is 0.227 e. The van der Waals surface area contributed by atoms with E-state index in [4.69, 9.17) is 0 Å². The van der Waals surface area contributed by atoms with Crippen LogP contribution in [0.1, 0.15) is 92.6 Å². The molecule has 0 saturated heterocycles. The molecule has 1 aromatic heterocycles. The van der Waals surface area contributed by atoms with E-state index >= 15 is 0 Å². The highest BCUT2D eigenvalue weighted by Gasteiger charge is 2.71. The van der Waals surface area contributed by atoms with Gasteiger partial charge in [0, 0.05) is 42.1 Å². The summed E-state index contributed by atoms with van der Waals surface area (Å²) in [5.41, 5.74) is -0.481. The number of nitrogens with one attached hydrogen (secondary N) is 1. The number of carbonyl (C=O) groups excluding carboxylic acids is 3. The van der Waals surface area contributed by atoms with Crippen molar-refractivity contribution in [3.8, 4) is 6.07 Å². The number of carbonyl (C=O) groups is 3. The van der Waals surface area contributed by atoms with Gasteiger partial charge in [-0.3, -0.25) is 19.1 Å². The Balaban J connectivity index is 1.41. The Bertz CT molecular complexity index is 1510. The number of nitrogens with zero attached hydrogens (tertiary/aromatic N) is 3. The number of allylic oxidation sites excluding steroid dienone is 4. The van der Waals surface area contributed by atoms with E-state index < -0.39 is 16.7 Å². The van der Waals surface area contributed by atoms with E-state index in [1.54, 1.807) is 17.0 Å². The molecule has 5 aliphatic rings. The molecular weight excluding hydrogens is 536 g/mol. The molecule has 1 N–H and O–H groups in total. The van der Waals surface area contributed by atoms with Gasteiger partial charge in [0.2, 0.25) is 5.91 Å². The quantitative estimate of drug-likeness (QED) is 0.461. The SMILES string of the molecule is Cn1cc(CNC(=O)C2(C)CCC3(C)CCC4(C)C(C(=O)C=C5C6(C)C=CC(=O)C(C)(C)C6CCC54C)C3C2C#N)cn1. The van der Waals surface area contributed by atoms with Crippen LogP contribution in [0.2, 0.25) is 0 Å². The van der Waals surface area contributed by atoms with Crippen LogP contribution in [0.25, 0.3) is 0 Å². The van der Waals surface area contributed by atoms with Gasteiger partial charge in [-0.05, 0) is 85.7 Å². The minimum Gasteiger partial charge on any atom is -0.351 e. The van der Waals surface area contributed by atoms with Crippen LogP contribution in [0.4, 0.5) is 0 Å². The lowest BCUT2D eigenvalue weighted by Crippen LogP contribution is -2.66. The average molecular weight is 585 g/mol. The Morgan fingerprint density at radius 2 is 1.77 bits per heavy atom. The van der Waals surface area contributed by atoms with Crippen LogP contribution in [0, 0.1) is 67.5 Å². The zero-order chi connectivity index (χ0) is 31.4. The predicted molar refractivity (Wildman–Crippen MR) is 164 cm³/mol. The lowest BCUT2D eigenvalue weighted by molar-refractivity contribution is -0.181. The fourth-order valence-corrected chi connectivity index (χ4v) is 10.9. The number of hydrogen-bond acceptors (Lipinski definition) is 5. The van der Waals surface area contributed by atoms with Crippen LogP contribution >= 0.6 is 0 Å². The molecule has 0 radical (unpaired) electrons. The zero-order valence-electron chi connectivity index (χ0n) is 27.2. The summed E-state index contributed by atoms with van der Waals surface area (Å²) in [6.07, 6.45) is 14.5. The van der Waals surface area contributed by atoms with E-state index in [-0.39, 0.29) is 56.9 Å². The first kappa shape index (κ1) is 30.0. The molecule has 0 spiro atoms. The van der Waals surface area contributed by atoms with Gasteiger partial charge in [0.25, 0.3) is 0 Å². The number of amides is 1. The van der Waals surface area contributed by atoms with Crippen molar-refractivity contribution < 1.29 is 14.4 Å². The summed E-state index contributed by atoms with van der Waals surface area (Å²) in [4.78, 5) is 41.5. The fourth-order valence-electron chi connectivity index (χ4n) is 10.9. The van der Waals surface area contributed by atoms with Crippen molar-refractivity contribution in [3.63, 3.8) is 0 Å². The molecule has 9 unspecified atom stereocenters. The molecular formula is C36H48N4O3. The molecule has 230 valence electrons. The second-order valence-corrected chi connectivity index (χ2v) is 16.4. The molecule has 7 heteroatoms. The maximum atomic E-state index is 14.6. The Morgan fingerprint density at radius 1 is 1.07 bits per heavy atom. The molecule has 0 bridgehead atoms. The normalized spacial score (nSPS) is 44.7.